The van der Waals surface area contributed by atoms with E-state index in [9.17, 15) is 0 Å². The Kier molecular flexibility index (Phi) is 3.08. The van der Waals surface area contributed by atoms with Crippen LogP contribution < -0.4 is 5.73 Å². The highest BCUT2D eigenvalue weighted by molar-refractivity contribution is 7.17. The van der Waals surface area contributed by atoms with Crippen LogP contribution in [-0.2, 0) is 0 Å². The first kappa shape index (κ1) is 11.7. The summed E-state index contributed by atoms with van der Waals surface area (Å²) < 4.78 is 1.27. The number of halogens is 1. The van der Waals surface area contributed by atoms with Crippen LogP contribution in [0, 0.1) is 0 Å². The zero-order valence-electron chi connectivity index (χ0n) is 9.64. The van der Waals surface area contributed by atoms with Crippen molar-refractivity contribution in [3.63, 3.8) is 0 Å². The standard InChI is InChI=1S/C15H12ClNS/c16-11-5-3-4-10(8-11)15(17)13-9-18-14-7-2-1-6-12(13)14/h1-9,15H,17H2. The van der Waals surface area contributed by atoms with Crippen LogP contribution in [0.1, 0.15) is 17.2 Å². The smallest absolute Gasteiger partial charge is 0.0566 e. The van der Waals surface area contributed by atoms with Crippen molar-refractivity contribution in [3.05, 3.63) is 70.1 Å². The van der Waals surface area contributed by atoms with Crippen molar-refractivity contribution in [1.82, 2.24) is 0 Å². The molecule has 0 aliphatic carbocycles. The Hall–Kier alpha value is -1.35. The van der Waals surface area contributed by atoms with Crippen LogP contribution in [0.25, 0.3) is 10.1 Å². The Morgan fingerprint density at radius 3 is 2.72 bits per heavy atom. The molecule has 1 aromatic heterocycles. The molecule has 1 heterocycles. The van der Waals surface area contributed by atoms with Crippen molar-refractivity contribution in [3.8, 4) is 0 Å². The second kappa shape index (κ2) is 4.73. The first-order chi connectivity index (χ1) is 8.75. The van der Waals surface area contributed by atoms with Gasteiger partial charge in [-0.15, -0.1) is 11.3 Å². The first-order valence-electron chi connectivity index (χ1n) is 5.73. The Labute approximate surface area is 115 Å². The highest BCUT2D eigenvalue weighted by atomic mass is 35.5. The number of hydrogen-bond acceptors (Lipinski definition) is 2. The second-order valence-electron chi connectivity index (χ2n) is 4.22. The number of benzene rings is 2. The summed E-state index contributed by atoms with van der Waals surface area (Å²) in [6.07, 6.45) is 0. The Morgan fingerprint density at radius 1 is 1.06 bits per heavy atom. The van der Waals surface area contributed by atoms with Crippen molar-refractivity contribution < 1.29 is 0 Å². The predicted molar refractivity (Wildman–Crippen MR) is 79.3 cm³/mol. The van der Waals surface area contributed by atoms with E-state index < -0.39 is 0 Å². The van der Waals surface area contributed by atoms with Crippen molar-refractivity contribution in [1.29, 1.82) is 0 Å². The molecule has 3 rings (SSSR count). The normalized spacial score (nSPS) is 12.8. The Balaban J connectivity index is 2.09. The summed E-state index contributed by atoms with van der Waals surface area (Å²) in [7, 11) is 0. The van der Waals surface area contributed by atoms with Crippen LogP contribution in [0.5, 0.6) is 0 Å². The maximum Gasteiger partial charge on any atom is 0.0566 e. The van der Waals surface area contributed by atoms with Crippen molar-refractivity contribution in [2.45, 2.75) is 6.04 Å². The van der Waals surface area contributed by atoms with Crippen LogP contribution in [-0.4, -0.2) is 0 Å². The topological polar surface area (TPSA) is 26.0 Å². The monoisotopic (exact) mass is 273 g/mol. The van der Waals surface area contributed by atoms with Crippen LogP contribution in [0.3, 0.4) is 0 Å². The Bertz CT molecular complexity index is 690. The Morgan fingerprint density at radius 2 is 1.89 bits per heavy atom. The minimum absolute atomic E-state index is 0.125. The highest BCUT2D eigenvalue weighted by Gasteiger charge is 2.13. The molecule has 0 aliphatic heterocycles. The van der Waals surface area contributed by atoms with Crippen molar-refractivity contribution >= 4 is 33.0 Å². The third-order valence-corrected chi connectivity index (χ3v) is 4.27. The molecule has 0 aliphatic rings. The van der Waals surface area contributed by atoms with Gasteiger partial charge in [0.25, 0.3) is 0 Å². The third-order valence-electron chi connectivity index (χ3n) is 3.05. The summed E-state index contributed by atoms with van der Waals surface area (Å²) in [5.41, 5.74) is 8.56. The van der Waals surface area contributed by atoms with Gasteiger partial charge in [0, 0.05) is 9.72 Å². The van der Waals surface area contributed by atoms with Gasteiger partial charge >= 0.3 is 0 Å². The largest absolute Gasteiger partial charge is 0.320 e. The SMILES string of the molecule is NC(c1cccc(Cl)c1)c1csc2ccccc12. The average molecular weight is 274 g/mol. The lowest BCUT2D eigenvalue weighted by Gasteiger charge is -2.11. The van der Waals surface area contributed by atoms with Crippen LogP contribution in [0.15, 0.2) is 53.9 Å². The van der Waals surface area contributed by atoms with Gasteiger partial charge in [-0.05, 0) is 40.1 Å². The van der Waals surface area contributed by atoms with Gasteiger partial charge in [0.2, 0.25) is 0 Å². The quantitative estimate of drug-likeness (QED) is 0.725. The first-order valence-corrected chi connectivity index (χ1v) is 6.98. The van der Waals surface area contributed by atoms with Gasteiger partial charge < -0.3 is 5.73 Å². The maximum absolute atomic E-state index is 6.34. The number of nitrogens with two attached hydrogens (primary N) is 1. The molecule has 2 N–H and O–H groups in total. The summed E-state index contributed by atoms with van der Waals surface area (Å²) in [6.45, 7) is 0. The van der Waals surface area contributed by atoms with Crippen LogP contribution >= 0.6 is 22.9 Å². The molecule has 1 unspecified atom stereocenters. The van der Waals surface area contributed by atoms with Gasteiger partial charge in [-0.1, -0.05) is 41.9 Å². The third kappa shape index (κ3) is 2.03. The van der Waals surface area contributed by atoms with E-state index in [1.807, 2.05) is 36.4 Å². The second-order valence-corrected chi connectivity index (χ2v) is 5.57. The van der Waals surface area contributed by atoms with E-state index in [4.69, 9.17) is 17.3 Å². The molecule has 0 amide bonds. The fraction of sp³-hybridized carbons (Fsp3) is 0.0667. The fourth-order valence-electron chi connectivity index (χ4n) is 2.12. The molecular formula is C15H12ClNS. The van der Waals surface area contributed by atoms with E-state index in [-0.39, 0.29) is 6.04 Å². The number of hydrogen-bond donors (Lipinski definition) is 1. The van der Waals surface area contributed by atoms with Gasteiger partial charge in [0.1, 0.15) is 0 Å². The molecule has 2 aromatic carbocycles. The minimum atomic E-state index is -0.125. The highest BCUT2D eigenvalue weighted by Crippen LogP contribution is 2.32. The minimum Gasteiger partial charge on any atom is -0.320 e. The van der Waals surface area contributed by atoms with Crippen LogP contribution in [0.2, 0.25) is 5.02 Å². The summed E-state index contributed by atoms with van der Waals surface area (Å²) in [5.74, 6) is 0. The molecule has 90 valence electrons. The summed E-state index contributed by atoms with van der Waals surface area (Å²) in [6, 6.07) is 16.0. The summed E-state index contributed by atoms with van der Waals surface area (Å²) in [4.78, 5) is 0. The lowest BCUT2D eigenvalue weighted by molar-refractivity contribution is 0.885. The average Bonchev–Trinajstić information content (AvgIpc) is 2.82. The van der Waals surface area contributed by atoms with E-state index in [2.05, 4.69) is 17.5 Å². The number of rotatable bonds is 2. The summed E-state index contributed by atoms with van der Waals surface area (Å²) >= 11 is 7.74. The molecule has 0 fully saturated rings. The van der Waals surface area contributed by atoms with Gasteiger partial charge in [-0.3, -0.25) is 0 Å². The van der Waals surface area contributed by atoms with Crippen LogP contribution in [0.4, 0.5) is 0 Å². The van der Waals surface area contributed by atoms with Gasteiger partial charge in [-0.25, -0.2) is 0 Å². The van der Waals surface area contributed by atoms with Crippen molar-refractivity contribution in [2.75, 3.05) is 0 Å². The molecule has 0 saturated carbocycles. The molecule has 18 heavy (non-hydrogen) atoms. The molecule has 1 atom stereocenters. The molecule has 3 heteroatoms. The van der Waals surface area contributed by atoms with E-state index in [0.29, 0.717) is 0 Å². The number of thiophene rings is 1. The molecule has 0 radical (unpaired) electrons. The van der Waals surface area contributed by atoms with Gasteiger partial charge in [-0.2, -0.15) is 0 Å². The molecular weight excluding hydrogens is 262 g/mol. The maximum atomic E-state index is 6.34. The van der Waals surface area contributed by atoms with E-state index in [1.54, 1.807) is 11.3 Å². The molecule has 0 saturated heterocycles. The van der Waals surface area contributed by atoms with Crippen molar-refractivity contribution in [2.24, 2.45) is 5.73 Å². The predicted octanol–water partition coefficient (Wildman–Crippen LogP) is 4.60. The van der Waals surface area contributed by atoms with Gasteiger partial charge in [0.15, 0.2) is 0 Å². The lowest BCUT2D eigenvalue weighted by Crippen LogP contribution is -2.11. The van der Waals surface area contributed by atoms with E-state index in [0.717, 1.165) is 16.1 Å². The molecule has 0 bridgehead atoms. The van der Waals surface area contributed by atoms with E-state index in [1.165, 1.54) is 10.1 Å². The number of fused-ring (bicyclic) bond motifs is 1. The van der Waals surface area contributed by atoms with Gasteiger partial charge in [0.05, 0.1) is 6.04 Å². The van der Waals surface area contributed by atoms with E-state index >= 15 is 0 Å². The molecule has 3 aromatic rings. The fourth-order valence-corrected chi connectivity index (χ4v) is 3.32. The summed E-state index contributed by atoms with van der Waals surface area (Å²) in [5, 5.41) is 4.09. The zero-order chi connectivity index (χ0) is 12.5. The molecule has 1 nitrogen and oxygen atoms in total. The molecule has 0 spiro atoms. The lowest BCUT2D eigenvalue weighted by atomic mass is 9.99. The zero-order valence-corrected chi connectivity index (χ0v) is 11.2.